The van der Waals surface area contributed by atoms with Crippen molar-refractivity contribution in [1.82, 2.24) is 9.62 Å². The van der Waals surface area contributed by atoms with Gasteiger partial charge in [-0.05, 0) is 52.5 Å². The van der Waals surface area contributed by atoms with Gasteiger partial charge in [0.1, 0.15) is 0 Å². The SMILES string of the molecule is CCNCc1ccc(S(=O)(=O)N2CCC(CC)C2)c(Br)c1. The molecule has 21 heavy (non-hydrogen) atoms. The highest BCUT2D eigenvalue weighted by molar-refractivity contribution is 9.10. The molecule has 1 aromatic rings. The second-order valence-electron chi connectivity index (χ2n) is 5.47. The van der Waals surface area contributed by atoms with Gasteiger partial charge in [-0.2, -0.15) is 4.31 Å². The highest BCUT2D eigenvalue weighted by Crippen LogP contribution is 2.30. The van der Waals surface area contributed by atoms with Gasteiger partial charge in [0.05, 0.1) is 4.90 Å². The fraction of sp³-hybridized carbons (Fsp3) is 0.600. The van der Waals surface area contributed by atoms with E-state index in [0.717, 1.165) is 31.5 Å². The maximum absolute atomic E-state index is 12.7. The highest BCUT2D eigenvalue weighted by atomic mass is 79.9. The first-order valence-electron chi connectivity index (χ1n) is 7.48. The van der Waals surface area contributed by atoms with E-state index in [4.69, 9.17) is 0 Å². The Hall–Kier alpha value is -0.430. The van der Waals surface area contributed by atoms with E-state index in [1.807, 2.05) is 19.1 Å². The first-order valence-corrected chi connectivity index (χ1v) is 9.71. The van der Waals surface area contributed by atoms with Gasteiger partial charge in [-0.3, -0.25) is 0 Å². The van der Waals surface area contributed by atoms with Crippen LogP contribution in [0.4, 0.5) is 0 Å². The smallest absolute Gasteiger partial charge is 0.244 e. The topological polar surface area (TPSA) is 49.4 Å². The molecule has 0 aromatic heterocycles. The fourth-order valence-electron chi connectivity index (χ4n) is 2.62. The zero-order chi connectivity index (χ0) is 15.5. The van der Waals surface area contributed by atoms with Crippen molar-refractivity contribution in [3.63, 3.8) is 0 Å². The Balaban J connectivity index is 2.20. The van der Waals surface area contributed by atoms with Crippen LogP contribution in [-0.4, -0.2) is 32.4 Å². The van der Waals surface area contributed by atoms with Crippen LogP contribution in [-0.2, 0) is 16.6 Å². The molecule has 6 heteroatoms. The third-order valence-electron chi connectivity index (χ3n) is 4.02. The lowest BCUT2D eigenvalue weighted by Crippen LogP contribution is -2.29. The minimum absolute atomic E-state index is 0.375. The molecular formula is C15H23BrN2O2S. The molecule has 1 saturated heterocycles. The van der Waals surface area contributed by atoms with Gasteiger partial charge in [-0.15, -0.1) is 0 Å². The van der Waals surface area contributed by atoms with Gasteiger partial charge in [0.15, 0.2) is 0 Å². The molecule has 2 rings (SSSR count). The van der Waals surface area contributed by atoms with Crippen LogP contribution in [0.2, 0.25) is 0 Å². The van der Waals surface area contributed by atoms with Crippen molar-refractivity contribution in [2.75, 3.05) is 19.6 Å². The van der Waals surface area contributed by atoms with Crippen LogP contribution in [0.15, 0.2) is 27.6 Å². The summed E-state index contributed by atoms with van der Waals surface area (Å²) in [6.45, 7) is 7.08. The lowest BCUT2D eigenvalue weighted by Gasteiger charge is -2.18. The predicted molar refractivity (Wildman–Crippen MR) is 88.7 cm³/mol. The van der Waals surface area contributed by atoms with Crippen molar-refractivity contribution in [2.24, 2.45) is 5.92 Å². The summed E-state index contributed by atoms with van der Waals surface area (Å²) in [7, 11) is -3.38. The number of nitrogens with one attached hydrogen (secondary N) is 1. The molecule has 0 spiro atoms. The molecule has 0 amide bonds. The van der Waals surface area contributed by atoms with Gasteiger partial charge in [-0.25, -0.2) is 8.42 Å². The van der Waals surface area contributed by atoms with Crippen molar-refractivity contribution >= 4 is 26.0 Å². The van der Waals surface area contributed by atoms with E-state index in [0.29, 0.717) is 28.4 Å². The van der Waals surface area contributed by atoms with E-state index in [2.05, 4.69) is 28.2 Å². The second kappa shape index (κ2) is 7.22. The standard InChI is InChI=1S/C15H23BrN2O2S/c1-3-12-7-8-18(11-12)21(19,20)15-6-5-13(9-14(15)16)10-17-4-2/h5-6,9,12,17H,3-4,7-8,10-11H2,1-2H3. The Morgan fingerprint density at radius 2 is 2.14 bits per heavy atom. The Bertz CT molecular complexity index is 589. The Morgan fingerprint density at radius 1 is 1.38 bits per heavy atom. The van der Waals surface area contributed by atoms with Crippen LogP contribution in [0.25, 0.3) is 0 Å². The number of halogens is 1. The Morgan fingerprint density at radius 3 is 2.71 bits per heavy atom. The van der Waals surface area contributed by atoms with Crippen LogP contribution < -0.4 is 5.32 Å². The summed E-state index contributed by atoms with van der Waals surface area (Å²) in [5.41, 5.74) is 1.08. The van der Waals surface area contributed by atoms with Crippen LogP contribution in [0.3, 0.4) is 0 Å². The van der Waals surface area contributed by atoms with Crippen LogP contribution in [0.5, 0.6) is 0 Å². The summed E-state index contributed by atoms with van der Waals surface area (Å²) in [5, 5.41) is 3.24. The molecule has 1 aliphatic rings. The van der Waals surface area contributed by atoms with Gasteiger partial charge >= 0.3 is 0 Å². The molecule has 1 fully saturated rings. The maximum atomic E-state index is 12.7. The molecule has 118 valence electrons. The van der Waals surface area contributed by atoms with Gasteiger partial charge in [0.25, 0.3) is 0 Å². The maximum Gasteiger partial charge on any atom is 0.244 e. The molecule has 1 N–H and O–H groups in total. The largest absolute Gasteiger partial charge is 0.313 e. The van der Waals surface area contributed by atoms with E-state index in [1.165, 1.54) is 0 Å². The zero-order valence-corrected chi connectivity index (χ0v) is 15.0. The van der Waals surface area contributed by atoms with Crippen molar-refractivity contribution < 1.29 is 8.42 Å². The fourth-order valence-corrected chi connectivity index (χ4v) is 5.24. The number of rotatable bonds is 6. The molecule has 1 aliphatic heterocycles. The summed E-state index contributed by atoms with van der Waals surface area (Å²) >= 11 is 3.42. The minimum atomic E-state index is -3.38. The lowest BCUT2D eigenvalue weighted by molar-refractivity contribution is 0.452. The molecule has 4 nitrogen and oxygen atoms in total. The summed E-state index contributed by atoms with van der Waals surface area (Å²) < 4.78 is 27.7. The van der Waals surface area contributed by atoms with Crippen molar-refractivity contribution in [1.29, 1.82) is 0 Å². The highest BCUT2D eigenvalue weighted by Gasteiger charge is 2.32. The van der Waals surface area contributed by atoms with Gasteiger partial charge in [0.2, 0.25) is 10.0 Å². The Labute approximate surface area is 136 Å². The number of nitrogens with zero attached hydrogens (tertiary/aromatic N) is 1. The summed E-state index contributed by atoms with van der Waals surface area (Å²) in [6.07, 6.45) is 2.00. The molecular weight excluding hydrogens is 352 g/mol. The monoisotopic (exact) mass is 374 g/mol. The van der Waals surface area contributed by atoms with E-state index in [1.54, 1.807) is 10.4 Å². The molecule has 0 aliphatic carbocycles. The van der Waals surface area contributed by atoms with Crippen LogP contribution >= 0.6 is 15.9 Å². The average Bonchev–Trinajstić information content (AvgIpc) is 2.94. The normalized spacial score (nSPS) is 20.0. The van der Waals surface area contributed by atoms with E-state index in [-0.39, 0.29) is 0 Å². The molecule has 0 saturated carbocycles. The summed E-state index contributed by atoms with van der Waals surface area (Å²) in [4.78, 5) is 0.375. The number of hydrogen-bond donors (Lipinski definition) is 1. The first-order chi connectivity index (χ1) is 9.98. The number of benzene rings is 1. The van der Waals surface area contributed by atoms with Crippen LogP contribution in [0, 0.1) is 5.92 Å². The molecule has 0 radical (unpaired) electrons. The number of sulfonamides is 1. The minimum Gasteiger partial charge on any atom is -0.313 e. The third kappa shape index (κ3) is 3.86. The summed E-state index contributed by atoms with van der Waals surface area (Å²) in [5.74, 6) is 0.492. The van der Waals surface area contributed by atoms with Crippen LogP contribution in [0.1, 0.15) is 32.3 Å². The first kappa shape index (κ1) is 16.9. The second-order valence-corrected chi connectivity index (χ2v) is 8.23. The average molecular weight is 375 g/mol. The predicted octanol–water partition coefficient (Wildman–Crippen LogP) is 2.98. The number of hydrogen-bond acceptors (Lipinski definition) is 3. The molecule has 1 unspecified atom stereocenters. The van der Waals surface area contributed by atoms with Gasteiger partial charge in [-0.1, -0.05) is 26.3 Å². The lowest BCUT2D eigenvalue weighted by atomic mass is 10.1. The van der Waals surface area contributed by atoms with Gasteiger partial charge in [0, 0.05) is 24.1 Å². The van der Waals surface area contributed by atoms with E-state index >= 15 is 0 Å². The summed E-state index contributed by atoms with van der Waals surface area (Å²) in [6, 6.07) is 5.49. The zero-order valence-electron chi connectivity index (χ0n) is 12.6. The molecule has 0 bridgehead atoms. The van der Waals surface area contributed by atoms with Crippen molar-refractivity contribution in [3.8, 4) is 0 Å². The molecule has 1 heterocycles. The Kier molecular flexibility index (Phi) is 5.82. The third-order valence-corrected chi connectivity index (χ3v) is 6.86. The molecule has 1 aromatic carbocycles. The molecule has 1 atom stereocenters. The quantitative estimate of drug-likeness (QED) is 0.832. The van der Waals surface area contributed by atoms with Crippen molar-refractivity contribution in [3.05, 3.63) is 28.2 Å². The van der Waals surface area contributed by atoms with E-state index < -0.39 is 10.0 Å². The van der Waals surface area contributed by atoms with Crippen molar-refractivity contribution in [2.45, 2.75) is 38.1 Å². The van der Waals surface area contributed by atoms with E-state index in [9.17, 15) is 8.42 Å². The van der Waals surface area contributed by atoms with Gasteiger partial charge < -0.3 is 5.32 Å².